The van der Waals surface area contributed by atoms with E-state index in [1.807, 2.05) is 0 Å². The number of carbonyl (C=O) groups excluding carboxylic acids is 1. The highest BCUT2D eigenvalue weighted by molar-refractivity contribution is 5.94. The lowest BCUT2D eigenvalue weighted by Gasteiger charge is -2.08. The first-order valence-electron chi connectivity index (χ1n) is 6.36. The van der Waals surface area contributed by atoms with Crippen molar-refractivity contribution in [2.45, 2.75) is 25.5 Å². The Morgan fingerprint density at radius 1 is 1.42 bits per heavy atom. The molecular formula is C14H18FNO3. The lowest BCUT2D eigenvalue weighted by atomic mass is 10.1. The van der Waals surface area contributed by atoms with E-state index in [4.69, 9.17) is 9.47 Å². The first-order valence-corrected chi connectivity index (χ1v) is 6.36. The molecule has 0 aromatic heterocycles. The molecule has 0 spiro atoms. The summed E-state index contributed by atoms with van der Waals surface area (Å²) in [6.45, 7) is 0.998. The maximum absolute atomic E-state index is 13.6. The van der Waals surface area contributed by atoms with Gasteiger partial charge in [0, 0.05) is 24.3 Å². The predicted molar refractivity (Wildman–Crippen MR) is 68.4 cm³/mol. The number of hydrogen-bond acceptors (Lipinski definition) is 3. The molecular weight excluding hydrogens is 249 g/mol. The van der Waals surface area contributed by atoms with E-state index in [9.17, 15) is 9.18 Å². The molecule has 1 aliphatic carbocycles. The molecule has 0 saturated heterocycles. The van der Waals surface area contributed by atoms with Crippen molar-refractivity contribution in [3.05, 3.63) is 35.1 Å². The Bertz CT molecular complexity index is 446. The Morgan fingerprint density at radius 3 is 2.89 bits per heavy atom. The standard InChI is InChI=1S/C14H18FNO3/c1-18-6-7-19-9-11-8-10(2-5-13(11)15)14(17)16-12-3-4-12/h2,5,8,12H,3-4,6-7,9H2,1H3,(H,16,17). The lowest BCUT2D eigenvalue weighted by molar-refractivity contribution is 0.0604. The van der Waals surface area contributed by atoms with Gasteiger partial charge in [0.2, 0.25) is 0 Å². The number of carbonyl (C=O) groups is 1. The average Bonchev–Trinajstić information content (AvgIpc) is 3.20. The van der Waals surface area contributed by atoms with Gasteiger partial charge in [0.25, 0.3) is 5.91 Å². The largest absolute Gasteiger partial charge is 0.382 e. The Hall–Kier alpha value is -1.46. The van der Waals surface area contributed by atoms with E-state index in [1.165, 1.54) is 12.1 Å². The number of benzene rings is 1. The minimum Gasteiger partial charge on any atom is -0.382 e. The summed E-state index contributed by atoms with van der Waals surface area (Å²) >= 11 is 0. The molecule has 5 heteroatoms. The number of ether oxygens (including phenoxy) is 2. The number of amides is 1. The van der Waals surface area contributed by atoms with Crippen molar-refractivity contribution < 1.29 is 18.7 Å². The van der Waals surface area contributed by atoms with Gasteiger partial charge in [-0.05, 0) is 31.0 Å². The maximum Gasteiger partial charge on any atom is 0.251 e. The second-order valence-electron chi connectivity index (χ2n) is 4.60. The van der Waals surface area contributed by atoms with E-state index < -0.39 is 0 Å². The highest BCUT2D eigenvalue weighted by atomic mass is 19.1. The Labute approximate surface area is 111 Å². The lowest BCUT2D eigenvalue weighted by Crippen LogP contribution is -2.25. The number of halogens is 1. The molecule has 1 amide bonds. The molecule has 19 heavy (non-hydrogen) atoms. The normalized spacial score (nSPS) is 14.4. The van der Waals surface area contributed by atoms with Crippen molar-refractivity contribution in [1.29, 1.82) is 0 Å². The van der Waals surface area contributed by atoms with Crippen LogP contribution in [0.2, 0.25) is 0 Å². The molecule has 1 aromatic rings. The molecule has 0 atom stereocenters. The molecule has 0 aliphatic heterocycles. The summed E-state index contributed by atoms with van der Waals surface area (Å²) in [6, 6.07) is 4.63. The van der Waals surface area contributed by atoms with Gasteiger partial charge in [-0.25, -0.2) is 4.39 Å². The fraction of sp³-hybridized carbons (Fsp3) is 0.500. The van der Waals surface area contributed by atoms with E-state index in [0.717, 1.165) is 12.8 Å². The summed E-state index contributed by atoms with van der Waals surface area (Å²) in [5.74, 6) is -0.513. The van der Waals surface area contributed by atoms with E-state index in [2.05, 4.69) is 5.32 Å². The number of nitrogens with one attached hydrogen (secondary N) is 1. The predicted octanol–water partition coefficient (Wildman–Crippen LogP) is 1.88. The van der Waals surface area contributed by atoms with Crippen LogP contribution < -0.4 is 5.32 Å². The van der Waals surface area contributed by atoms with Gasteiger partial charge in [-0.1, -0.05) is 0 Å². The topological polar surface area (TPSA) is 47.6 Å². The van der Waals surface area contributed by atoms with Gasteiger partial charge in [0.15, 0.2) is 0 Å². The first kappa shape index (κ1) is 14.0. The van der Waals surface area contributed by atoms with Gasteiger partial charge in [-0.2, -0.15) is 0 Å². The minimum absolute atomic E-state index is 0.139. The molecule has 4 nitrogen and oxygen atoms in total. The quantitative estimate of drug-likeness (QED) is 0.767. The molecule has 0 radical (unpaired) electrons. The van der Waals surface area contributed by atoms with Crippen molar-refractivity contribution in [3.63, 3.8) is 0 Å². The zero-order valence-electron chi connectivity index (χ0n) is 10.9. The zero-order valence-corrected chi connectivity index (χ0v) is 10.9. The SMILES string of the molecule is COCCOCc1cc(C(=O)NC2CC2)ccc1F. The van der Waals surface area contributed by atoms with Crippen LogP contribution in [-0.4, -0.2) is 32.3 Å². The summed E-state index contributed by atoms with van der Waals surface area (Å²) in [5, 5.41) is 2.87. The van der Waals surface area contributed by atoms with E-state index in [1.54, 1.807) is 13.2 Å². The Balaban J connectivity index is 1.95. The molecule has 0 heterocycles. The minimum atomic E-state index is -0.361. The van der Waals surface area contributed by atoms with Crippen LogP contribution in [0.4, 0.5) is 4.39 Å². The van der Waals surface area contributed by atoms with E-state index in [-0.39, 0.29) is 18.3 Å². The third-order valence-electron chi connectivity index (χ3n) is 2.91. The van der Waals surface area contributed by atoms with Gasteiger partial charge >= 0.3 is 0 Å². The molecule has 1 N–H and O–H groups in total. The van der Waals surface area contributed by atoms with Crippen LogP contribution >= 0.6 is 0 Å². The van der Waals surface area contributed by atoms with Gasteiger partial charge in [-0.3, -0.25) is 4.79 Å². The monoisotopic (exact) mass is 267 g/mol. The summed E-state index contributed by atoms with van der Waals surface area (Å²) in [7, 11) is 1.58. The molecule has 104 valence electrons. The number of methoxy groups -OCH3 is 1. The Kier molecular flexibility index (Phi) is 4.87. The van der Waals surface area contributed by atoms with Crippen molar-refractivity contribution in [3.8, 4) is 0 Å². The maximum atomic E-state index is 13.6. The third-order valence-corrected chi connectivity index (χ3v) is 2.91. The van der Waals surface area contributed by atoms with Crippen LogP contribution in [-0.2, 0) is 16.1 Å². The highest BCUT2D eigenvalue weighted by Crippen LogP contribution is 2.20. The van der Waals surface area contributed by atoms with Crippen LogP contribution in [0.1, 0.15) is 28.8 Å². The number of hydrogen-bond donors (Lipinski definition) is 1. The zero-order chi connectivity index (χ0) is 13.7. The van der Waals surface area contributed by atoms with Crippen molar-refractivity contribution in [1.82, 2.24) is 5.32 Å². The second-order valence-corrected chi connectivity index (χ2v) is 4.60. The summed E-state index contributed by atoms with van der Waals surface area (Å²) in [6.07, 6.45) is 2.06. The average molecular weight is 267 g/mol. The molecule has 2 rings (SSSR count). The van der Waals surface area contributed by atoms with Crippen LogP contribution in [0.15, 0.2) is 18.2 Å². The third kappa shape index (κ3) is 4.29. The van der Waals surface area contributed by atoms with Crippen molar-refractivity contribution in [2.75, 3.05) is 20.3 Å². The van der Waals surface area contributed by atoms with Gasteiger partial charge < -0.3 is 14.8 Å². The molecule has 1 aromatic carbocycles. The fourth-order valence-electron chi connectivity index (χ4n) is 1.65. The van der Waals surface area contributed by atoms with Crippen molar-refractivity contribution in [2.24, 2.45) is 0 Å². The highest BCUT2D eigenvalue weighted by Gasteiger charge is 2.24. The summed E-state index contributed by atoms with van der Waals surface area (Å²) < 4.78 is 23.7. The smallest absolute Gasteiger partial charge is 0.251 e. The van der Waals surface area contributed by atoms with Crippen LogP contribution in [0, 0.1) is 5.82 Å². The molecule has 0 unspecified atom stereocenters. The van der Waals surface area contributed by atoms with E-state index in [0.29, 0.717) is 30.4 Å². The van der Waals surface area contributed by atoms with Crippen LogP contribution in [0.25, 0.3) is 0 Å². The fourth-order valence-corrected chi connectivity index (χ4v) is 1.65. The van der Waals surface area contributed by atoms with Crippen molar-refractivity contribution >= 4 is 5.91 Å². The molecule has 0 bridgehead atoms. The van der Waals surface area contributed by atoms with Crippen LogP contribution in [0.3, 0.4) is 0 Å². The molecule has 1 saturated carbocycles. The second kappa shape index (κ2) is 6.63. The summed E-state index contributed by atoms with van der Waals surface area (Å²) in [5.41, 5.74) is 0.859. The number of rotatable bonds is 7. The summed E-state index contributed by atoms with van der Waals surface area (Å²) in [4.78, 5) is 11.8. The molecule has 1 aliphatic rings. The van der Waals surface area contributed by atoms with Crippen LogP contribution in [0.5, 0.6) is 0 Å². The first-order chi connectivity index (χ1) is 9.20. The van der Waals surface area contributed by atoms with Gasteiger partial charge in [-0.15, -0.1) is 0 Å². The van der Waals surface area contributed by atoms with Gasteiger partial charge in [0.1, 0.15) is 5.82 Å². The Morgan fingerprint density at radius 2 is 2.21 bits per heavy atom. The van der Waals surface area contributed by atoms with E-state index >= 15 is 0 Å². The van der Waals surface area contributed by atoms with Gasteiger partial charge in [0.05, 0.1) is 19.8 Å². The molecule has 1 fully saturated rings.